The lowest BCUT2D eigenvalue weighted by molar-refractivity contribution is -0.127. The van der Waals surface area contributed by atoms with Crippen LogP contribution in [-0.4, -0.2) is 68.1 Å². The fourth-order valence-electron chi connectivity index (χ4n) is 1.79. The summed E-state index contributed by atoms with van der Waals surface area (Å²) in [6, 6.07) is -0.0690. The largest absolute Gasteiger partial charge is 0.341 e. The highest BCUT2D eigenvalue weighted by Crippen LogP contribution is 2.08. The van der Waals surface area contributed by atoms with Crippen LogP contribution in [0, 0.1) is 0 Å². The molecule has 1 aliphatic rings. The first-order valence-corrected chi connectivity index (χ1v) is 5.93. The number of amides is 3. The van der Waals surface area contributed by atoms with Gasteiger partial charge in [-0.2, -0.15) is 0 Å². The molecule has 0 spiro atoms. The summed E-state index contributed by atoms with van der Waals surface area (Å²) in [5.41, 5.74) is 0. The summed E-state index contributed by atoms with van der Waals surface area (Å²) in [7, 11) is 3.92. The standard InChI is InChI=1S/C11H22N4O2/c1-9(16)15-6-4-10(8-15)13-11(17)12-5-7-14(2)3/h10H,4-8H2,1-3H3,(H2,12,13,17)/t10-/m0/s1. The average molecular weight is 242 g/mol. The van der Waals surface area contributed by atoms with Crippen LogP contribution in [0.15, 0.2) is 0 Å². The zero-order valence-corrected chi connectivity index (χ0v) is 10.8. The number of likely N-dealkylation sites (N-methyl/N-ethyl adjacent to an activating group) is 1. The van der Waals surface area contributed by atoms with Gasteiger partial charge < -0.3 is 20.4 Å². The molecule has 98 valence electrons. The third-order valence-corrected chi connectivity index (χ3v) is 2.81. The van der Waals surface area contributed by atoms with Crippen molar-refractivity contribution in [1.82, 2.24) is 20.4 Å². The Morgan fingerprint density at radius 1 is 1.41 bits per heavy atom. The average Bonchev–Trinajstić information content (AvgIpc) is 2.65. The molecule has 1 fully saturated rings. The van der Waals surface area contributed by atoms with Gasteiger partial charge in [0.15, 0.2) is 0 Å². The summed E-state index contributed by atoms with van der Waals surface area (Å²) in [5.74, 6) is 0.0716. The molecule has 0 aromatic rings. The molecular formula is C11H22N4O2. The maximum Gasteiger partial charge on any atom is 0.315 e. The molecule has 1 aliphatic heterocycles. The van der Waals surface area contributed by atoms with Crippen molar-refractivity contribution in [2.45, 2.75) is 19.4 Å². The van der Waals surface area contributed by atoms with Gasteiger partial charge in [-0.3, -0.25) is 4.79 Å². The number of nitrogens with one attached hydrogen (secondary N) is 2. The van der Waals surface area contributed by atoms with Crippen LogP contribution >= 0.6 is 0 Å². The molecule has 3 amide bonds. The van der Waals surface area contributed by atoms with Gasteiger partial charge in [0.2, 0.25) is 5.91 Å². The second kappa shape index (κ2) is 6.44. The van der Waals surface area contributed by atoms with Gasteiger partial charge in [-0.15, -0.1) is 0 Å². The molecule has 1 atom stereocenters. The van der Waals surface area contributed by atoms with E-state index in [-0.39, 0.29) is 18.0 Å². The van der Waals surface area contributed by atoms with Crippen molar-refractivity contribution in [3.63, 3.8) is 0 Å². The normalized spacial score (nSPS) is 19.5. The second-order valence-corrected chi connectivity index (χ2v) is 4.65. The summed E-state index contributed by atoms with van der Waals surface area (Å²) in [6.45, 7) is 4.35. The van der Waals surface area contributed by atoms with E-state index >= 15 is 0 Å². The topological polar surface area (TPSA) is 64.7 Å². The molecule has 0 aliphatic carbocycles. The smallest absolute Gasteiger partial charge is 0.315 e. The van der Waals surface area contributed by atoms with E-state index < -0.39 is 0 Å². The van der Waals surface area contributed by atoms with Gasteiger partial charge in [0, 0.05) is 39.1 Å². The van der Waals surface area contributed by atoms with E-state index in [0.29, 0.717) is 13.1 Å². The van der Waals surface area contributed by atoms with E-state index in [9.17, 15) is 9.59 Å². The molecule has 1 saturated heterocycles. The Morgan fingerprint density at radius 2 is 2.12 bits per heavy atom. The molecule has 1 rings (SSSR count). The van der Waals surface area contributed by atoms with Crippen LogP contribution in [-0.2, 0) is 4.79 Å². The first-order chi connectivity index (χ1) is 7.99. The van der Waals surface area contributed by atoms with Gasteiger partial charge in [0.25, 0.3) is 0 Å². The van der Waals surface area contributed by atoms with Crippen LogP contribution in [0.25, 0.3) is 0 Å². The minimum atomic E-state index is -0.151. The monoisotopic (exact) mass is 242 g/mol. The number of hydrogen-bond donors (Lipinski definition) is 2. The van der Waals surface area contributed by atoms with Crippen LogP contribution in [0.2, 0.25) is 0 Å². The molecule has 6 nitrogen and oxygen atoms in total. The molecule has 6 heteroatoms. The van der Waals surface area contributed by atoms with E-state index in [2.05, 4.69) is 10.6 Å². The van der Waals surface area contributed by atoms with Crippen LogP contribution in [0.3, 0.4) is 0 Å². The van der Waals surface area contributed by atoms with Crippen molar-refractivity contribution in [2.75, 3.05) is 40.3 Å². The molecule has 0 aromatic carbocycles. The quantitative estimate of drug-likeness (QED) is 0.696. The van der Waals surface area contributed by atoms with Crippen molar-refractivity contribution in [3.8, 4) is 0 Å². The van der Waals surface area contributed by atoms with Crippen LogP contribution in [0.5, 0.6) is 0 Å². The number of urea groups is 1. The summed E-state index contributed by atoms with van der Waals surface area (Å²) in [4.78, 5) is 26.4. The molecular weight excluding hydrogens is 220 g/mol. The van der Waals surface area contributed by atoms with Gasteiger partial charge in [-0.25, -0.2) is 4.79 Å². The summed E-state index contributed by atoms with van der Waals surface area (Å²) < 4.78 is 0. The zero-order valence-electron chi connectivity index (χ0n) is 10.8. The van der Waals surface area contributed by atoms with Crippen molar-refractivity contribution < 1.29 is 9.59 Å². The molecule has 0 unspecified atom stereocenters. The van der Waals surface area contributed by atoms with Crippen molar-refractivity contribution >= 4 is 11.9 Å². The second-order valence-electron chi connectivity index (χ2n) is 4.65. The predicted molar refractivity (Wildman–Crippen MR) is 65.7 cm³/mol. The number of carbonyl (C=O) groups excluding carboxylic acids is 2. The molecule has 17 heavy (non-hydrogen) atoms. The van der Waals surface area contributed by atoms with Crippen molar-refractivity contribution in [2.24, 2.45) is 0 Å². The third kappa shape index (κ3) is 5.04. The number of hydrogen-bond acceptors (Lipinski definition) is 3. The maximum absolute atomic E-state index is 11.5. The van der Waals surface area contributed by atoms with E-state index in [1.54, 1.807) is 11.8 Å². The van der Waals surface area contributed by atoms with E-state index in [1.165, 1.54) is 0 Å². The molecule has 0 bridgehead atoms. The van der Waals surface area contributed by atoms with Crippen molar-refractivity contribution in [1.29, 1.82) is 0 Å². The first kappa shape index (κ1) is 13.8. The highest BCUT2D eigenvalue weighted by atomic mass is 16.2. The zero-order chi connectivity index (χ0) is 12.8. The van der Waals surface area contributed by atoms with Gasteiger partial charge in [0.05, 0.1) is 0 Å². The molecule has 0 saturated carbocycles. The lowest BCUT2D eigenvalue weighted by atomic mass is 10.3. The molecule has 1 heterocycles. The number of carbonyl (C=O) groups is 2. The van der Waals surface area contributed by atoms with Gasteiger partial charge >= 0.3 is 6.03 Å². The van der Waals surface area contributed by atoms with Crippen LogP contribution < -0.4 is 10.6 Å². The van der Waals surface area contributed by atoms with E-state index in [0.717, 1.165) is 19.5 Å². The summed E-state index contributed by atoms with van der Waals surface area (Å²) in [6.07, 6.45) is 0.834. The Kier molecular flexibility index (Phi) is 5.21. The molecule has 0 aromatic heterocycles. The van der Waals surface area contributed by atoms with Crippen molar-refractivity contribution in [3.05, 3.63) is 0 Å². The van der Waals surface area contributed by atoms with E-state index in [4.69, 9.17) is 0 Å². The Hall–Kier alpha value is -1.30. The highest BCUT2D eigenvalue weighted by Gasteiger charge is 2.24. The third-order valence-electron chi connectivity index (χ3n) is 2.81. The van der Waals surface area contributed by atoms with Gasteiger partial charge in [-0.1, -0.05) is 0 Å². The Morgan fingerprint density at radius 3 is 2.65 bits per heavy atom. The molecule has 2 N–H and O–H groups in total. The Balaban J connectivity index is 2.17. The number of likely N-dealkylation sites (tertiary alicyclic amines) is 1. The van der Waals surface area contributed by atoms with Gasteiger partial charge in [0.1, 0.15) is 0 Å². The lowest BCUT2D eigenvalue weighted by Crippen LogP contribution is -2.45. The fourth-order valence-corrected chi connectivity index (χ4v) is 1.79. The lowest BCUT2D eigenvalue weighted by Gasteiger charge is -2.16. The van der Waals surface area contributed by atoms with E-state index in [1.807, 2.05) is 19.0 Å². The highest BCUT2D eigenvalue weighted by molar-refractivity contribution is 5.75. The SMILES string of the molecule is CC(=O)N1CC[C@H](NC(=O)NCCN(C)C)C1. The minimum absolute atomic E-state index is 0.0716. The fraction of sp³-hybridized carbons (Fsp3) is 0.818. The van der Waals surface area contributed by atoms with Crippen LogP contribution in [0.4, 0.5) is 4.79 Å². The Bertz CT molecular complexity index is 281. The van der Waals surface area contributed by atoms with Crippen LogP contribution in [0.1, 0.15) is 13.3 Å². The molecule has 0 radical (unpaired) electrons. The predicted octanol–water partition coefficient (Wildman–Crippen LogP) is -0.532. The summed E-state index contributed by atoms with van der Waals surface area (Å²) in [5, 5.41) is 5.66. The first-order valence-electron chi connectivity index (χ1n) is 5.93. The minimum Gasteiger partial charge on any atom is -0.341 e. The summed E-state index contributed by atoms with van der Waals surface area (Å²) >= 11 is 0. The number of rotatable bonds is 4. The Labute approximate surface area is 102 Å². The number of nitrogens with zero attached hydrogens (tertiary/aromatic N) is 2. The van der Waals surface area contributed by atoms with Gasteiger partial charge in [-0.05, 0) is 20.5 Å². The maximum atomic E-state index is 11.5.